The summed E-state index contributed by atoms with van der Waals surface area (Å²) in [4.78, 5) is 30.7. The van der Waals surface area contributed by atoms with Crippen LogP contribution in [0, 0.1) is 29.0 Å². The fraction of sp³-hybridized carbons (Fsp3) is 0.600. The molecule has 47 heavy (non-hydrogen) atoms. The number of rotatable bonds is 11. The molecule has 5 fully saturated rings. The molecule has 8 rings (SSSR count). The van der Waals surface area contributed by atoms with Crippen LogP contribution in [0.2, 0.25) is 0 Å². The van der Waals surface area contributed by atoms with Crippen molar-refractivity contribution >= 4 is 11.7 Å². The van der Waals surface area contributed by atoms with Crippen LogP contribution in [0.3, 0.4) is 0 Å². The van der Waals surface area contributed by atoms with Crippen LogP contribution in [0.5, 0.6) is 11.6 Å². The number of carbonyl (C=O) groups excluding carboxylic acids is 1. The lowest BCUT2D eigenvalue weighted by Crippen LogP contribution is -2.65. The summed E-state index contributed by atoms with van der Waals surface area (Å²) in [5.74, 6) is 3.17. The molecule has 3 aliphatic heterocycles. The van der Waals surface area contributed by atoms with Gasteiger partial charge < -0.3 is 19.7 Å². The second-order valence-electron chi connectivity index (χ2n) is 14.8. The fourth-order valence-corrected chi connectivity index (χ4v) is 8.35. The minimum atomic E-state index is -0.354. The van der Waals surface area contributed by atoms with Gasteiger partial charge in [-0.3, -0.25) is 9.69 Å². The minimum Gasteiger partial charge on any atom is -0.434 e. The lowest BCUT2D eigenvalue weighted by atomic mass is 9.68. The first-order valence-corrected chi connectivity index (χ1v) is 17.2. The Kier molecular flexibility index (Phi) is 8.03. The van der Waals surface area contributed by atoms with Crippen molar-refractivity contribution in [2.45, 2.75) is 70.4 Å². The molecule has 2 aromatic heterocycles. The number of aromatic nitrogens is 5. The number of benzene rings is 1. The molecule has 1 aromatic carbocycles. The Morgan fingerprint density at radius 3 is 2.70 bits per heavy atom. The molecule has 1 amide bonds. The van der Waals surface area contributed by atoms with Gasteiger partial charge in [-0.15, -0.1) is 10.2 Å². The fourth-order valence-electron chi connectivity index (χ4n) is 8.35. The molecule has 3 saturated heterocycles. The van der Waals surface area contributed by atoms with Crippen molar-refractivity contribution in [1.29, 1.82) is 0 Å². The highest BCUT2D eigenvalue weighted by molar-refractivity contribution is 5.76. The maximum atomic E-state index is 14.5. The van der Waals surface area contributed by atoms with E-state index in [9.17, 15) is 9.18 Å². The number of amides is 1. The minimum absolute atomic E-state index is 0.173. The van der Waals surface area contributed by atoms with Crippen LogP contribution in [0.25, 0.3) is 11.1 Å². The first-order valence-electron chi connectivity index (χ1n) is 17.2. The number of ether oxygens (including phenoxy) is 2. The predicted molar refractivity (Wildman–Crippen MR) is 172 cm³/mol. The van der Waals surface area contributed by atoms with Crippen LogP contribution in [-0.2, 0) is 9.53 Å². The third-order valence-corrected chi connectivity index (χ3v) is 10.8. The summed E-state index contributed by atoms with van der Waals surface area (Å²) in [6, 6.07) is 5.32. The highest BCUT2D eigenvalue weighted by Crippen LogP contribution is 2.48. The third-order valence-electron chi connectivity index (χ3n) is 10.8. The van der Waals surface area contributed by atoms with Gasteiger partial charge in [-0.05, 0) is 62.1 Å². The number of carbonyl (C=O) groups is 1. The van der Waals surface area contributed by atoms with E-state index in [1.165, 1.54) is 18.5 Å². The van der Waals surface area contributed by atoms with Crippen molar-refractivity contribution in [3.63, 3.8) is 0 Å². The van der Waals surface area contributed by atoms with Gasteiger partial charge in [0.2, 0.25) is 5.91 Å². The first kappa shape index (κ1) is 30.6. The number of nitrogens with one attached hydrogen (secondary N) is 1. The molecule has 1 N–H and O–H groups in total. The molecule has 1 atom stereocenters. The van der Waals surface area contributed by atoms with Gasteiger partial charge in [0, 0.05) is 79.3 Å². The van der Waals surface area contributed by atoms with Crippen LogP contribution in [0.15, 0.2) is 37.1 Å². The molecular weight excluding hydrogens is 599 g/mol. The van der Waals surface area contributed by atoms with E-state index in [2.05, 4.69) is 54.1 Å². The zero-order valence-corrected chi connectivity index (χ0v) is 27.1. The Morgan fingerprint density at radius 1 is 1.13 bits per heavy atom. The average Bonchev–Trinajstić information content (AvgIpc) is 3.76. The van der Waals surface area contributed by atoms with E-state index in [1.54, 1.807) is 18.6 Å². The number of anilines is 1. The zero-order chi connectivity index (χ0) is 32.1. The van der Waals surface area contributed by atoms with Gasteiger partial charge >= 0.3 is 0 Å². The molecule has 1 spiro atoms. The Labute approximate surface area is 274 Å². The molecule has 5 heterocycles. The summed E-state index contributed by atoms with van der Waals surface area (Å²) in [7, 11) is 0. The molecular formula is C35H43FN8O3. The van der Waals surface area contributed by atoms with Crippen LogP contribution >= 0.6 is 0 Å². The SMILES string of the molecule is CC(C)[C@H](C1CC(NC(=O)CC2COC2)C1)N1CC2(CCN(c3ncnnc3Oc3ccc(F)cc3-c3cncnc3C3CC3)C2)C1. The van der Waals surface area contributed by atoms with Gasteiger partial charge in [0.15, 0.2) is 5.82 Å². The lowest BCUT2D eigenvalue weighted by Gasteiger charge is -2.57. The second-order valence-corrected chi connectivity index (χ2v) is 14.8. The molecule has 2 aliphatic carbocycles. The number of halogens is 1. The molecule has 0 radical (unpaired) electrons. The van der Waals surface area contributed by atoms with Gasteiger partial charge in [-0.2, -0.15) is 0 Å². The highest BCUT2D eigenvalue weighted by atomic mass is 19.1. The van der Waals surface area contributed by atoms with Gasteiger partial charge in [-0.1, -0.05) is 13.8 Å². The topological polar surface area (TPSA) is 118 Å². The van der Waals surface area contributed by atoms with E-state index in [0.29, 0.717) is 78.4 Å². The second kappa shape index (κ2) is 12.4. The summed E-state index contributed by atoms with van der Waals surface area (Å²) in [5, 5.41) is 11.7. The van der Waals surface area contributed by atoms with Crippen LogP contribution in [-0.4, -0.2) is 87.4 Å². The number of hydrogen-bond donors (Lipinski definition) is 1. The van der Waals surface area contributed by atoms with E-state index in [4.69, 9.17) is 9.47 Å². The molecule has 248 valence electrons. The van der Waals surface area contributed by atoms with Crippen molar-refractivity contribution in [3.8, 4) is 22.8 Å². The van der Waals surface area contributed by atoms with Crippen molar-refractivity contribution in [3.05, 3.63) is 48.6 Å². The molecule has 5 aliphatic rings. The summed E-state index contributed by atoms with van der Waals surface area (Å²) in [6.07, 6.45) is 10.6. The zero-order valence-electron chi connectivity index (χ0n) is 27.1. The lowest BCUT2D eigenvalue weighted by molar-refractivity contribution is -0.129. The van der Waals surface area contributed by atoms with Crippen LogP contribution in [0.1, 0.15) is 64.0 Å². The van der Waals surface area contributed by atoms with Crippen molar-refractivity contribution < 1.29 is 18.7 Å². The highest BCUT2D eigenvalue weighted by Gasteiger charge is 2.53. The number of likely N-dealkylation sites (tertiary alicyclic amines) is 1. The molecule has 0 unspecified atom stereocenters. The van der Waals surface area contributed by atoms with Gasteiger partial charge in [0.25, 0.3) is 5.88 Å². The summed E-state index contributed by atoms with van der Waals surface area (Å²) >= 11 is 0. The number of nitrogens with zero attached hydrogens (tertiary/aromatic N) is 7. The van der Waals surface area contributed by atoms with Gasteiger partial charge in [-0.25, -0.2) is 19.3 Å². The standard InChI is InChI=1S/C35H43FN8O3/c1-21(2)32(24-10-26(11-24)41-30(45)9-22-14-46-15-22)44-17-35(18-44)7-8-43(16-35)33-34(42-40-20-39-33)47-29-6-5-25(36)12-27(29)28-13-37-19-38-31(28)23-3-4-23/h5-6,12-13,19-24,26,32H,3-4,7-11,14-18H2,1-2H3,(H,41,45)/t24?,26?,32-/m1/s1. The first-order chi connectivity index (χ1) is 22.8. The number of hydrogen-bond acceptors (Lipinski definition) is 10. The molecule has 3 aromatic rings. The van der Waals surface area contributed by atoms with Crippen molar-refractivity contribution in [2.24, 2.45) is 23.2 Å². The molecule has 0 bridgehead atoms. The molecule has 2 saturated carbocycles. The Balaban J connectivity index is 0.920. The van der Waals surface area contributed by atoms with Gasteiger partial charge in [0.05, 0.1) is 18.9 Å². The maximum Gasteiger partial charge on any atom is 0.282 e. The molecule has 12 heteroatoms. The third kappa shape index (κ3) is 6.17. The largest absolute Gasteiger partial charge is 0.434 e. The Hall–Kier alpha value is -3.77. The average molecular weight is 643 g/mol. The smallest absolute Gasteiger partial charge is 0.282 e. The van der Waals surface area contributed by atoms with E-state index >= 15 is 0 Å². The van der Waals surface area contributed by atoms with Crippen molar-refractivity contribution in [2.75, 3.05) is 44.3 Å². The normalized spacial score (nSPS) is 24.5. The summed E-state index contributed by atoms with van der Waals surface area (Å²) in [6.45, 7) is 9.91. The van der Waals surface area contributed by atoms with Gasteiger partial charge in [0.1, 0.15) is 24.2 Å². The summed E-state index contributed by atoms with van der Waals surface area (Å²) < 4.78 is 26.2. The van der Waals surface area contributed by atoms with Crippen molar-refractivity contribution in [1.82, 2.24) is 35.4 Å². The molecule has 11 nitrogen and oxygen atoms in total. The quantitative estimate of drug-likeness (QED) is 0.318. The predicted octanol–water partition coefficient (Wildman–Crippen LogP) is 4.61. The van der Waals surface area contributed by atoms with E-state index in [1.807, 2.05) is 0 Å². The van der Waals surface area contributed by atoms with Crippen LogP contribution in [0.4, 0.5) is 10.2 Å². The van der Waals surface area contributed by atoms with Crippen LogP contribution < -0.4 is 15.0 Å². The Bertz CT molecular complexity index is 1620. The van der Waals surface area contributed by atoms with E-state index in [-0.39, 0.29) is 17.1 Å². The van der Waals surface area contributed by atoms with E-state index < -0.39 is 0 Å². The Morgan fingerprint density at radius 2 is 1.96 bits per heavy atom. The van der Waals surface area contributed by atoms with E-state index in [0.717, 1.165) is 69.5 Å². The maximum absolute atomic E-state index is 14.5. The summed E-state index contributed by atoms with van der Waals surface area (Å²) in [5.41, 5.74) is 2.49. The monoisotopic (exact) mass is 642 g/mol.